The van der Waals surface area contributed by atoms with Gasteiger partial charge in [0.15, 0.2) is 5.13 Å². The summed E-state index contributed by atoms with van der Waals surface area (Å²) in [7, 11) is 2.08. The van der Waals surface area contributed by atoms with Crippen LogP contribution in [-0.4, -0.2) is 42.6 Å². The van der Waals surface area contributed by atoms with Crippen molar-refractivity contribution in [3.05, 3.63) is 10.0 Å². The normalized spacial score (nSPS) is 20.6. The van der Waals surface area contributed by atoms with Gasteiger partial charge in [-0.05, 0) is 25.9 Å². The van der Waals surface area contributed by atoms with Gasteiger partial charge in [-0.25, -0.2) is 4.98 Å². The van der Waals surface area contributed by atoms with Gasteiger partial charge in [0.1, 0.15) is 5.15 Å². The minimum atomic E-state index is 0.439. The molecule has 0 aromatic carbocycles. The summed E-state index contributed by atoms with van der Waals surface area (Å²) in [6.45, 7) is 5.59. The number of aromatic nitrogens is 1. The van der Waals surface area contributed by atoms with E-state index in [1.165, 1.54) is 19.4 Å². The molecule has 0 radical (unpaired) electrons. The van der Waals surface area contributed by atoms with Crippen molar-refractivity contribution < 1.29 is 0 Å². The van der Waals surface area contributed by atoms with Crippen LogP contribution in [0.25, 0.3) is 0 Å². The van der Waals surface area contributed by atoms with Crippen LogP contribution in [0.15, 0.2) is 0 Å². The third-order valence-corrected chi connectivity index (χ3v) is 5.50. The first kappa shape index (κ1) is 14.4. The van der Waals surface area contributed by atoms with Gasteiger partial charge in [0.05, 0.1) is 10.8 Å². The van der Waals surface area contributed by atoms with Crippen molar-refractivity contribution in [3.63, 3.8) is 0 Å². The van der Waals surface area contributed by atoms with Crippen molar-refractivity contribution in [2.45, 2.75) is 31.7 Å². The first-order valence-corrected chi connectivity index (χ1v) is 8.05. The molecule has 102 valence electrons. The van der Waals surface area contributed by atoms with Gasteiger partial charge in [-0.2, -0.15) is 0 Å². The highest BCUT2D eigenvalue weighted by Gasteiger charge is 2.25. The Morgan fingerprint density at radius 3 is 2.94 bits per heavy atom. The van der Waals surface area contributed by atoms with Crippen LogP contribution < -0.4 is 4.90 Å². The number of anilines is 1. The number of rotatable bonds is 5. The van der Waals surface area contributed by atoms with Crippen LogP contribution in [0.2, 0.25) is 5.15 Å². The van der Waals surface area contributed by atoms with Crippen molar-refractivity contribution in [1.82, 2.24) is 9.88 Å². The SMILES string of the molecule is CCN1CCCC1CN(C)c1nc(Cl)c(CCl)s1. The Hall–Kier alpha value is -0.0300. The average Bonchev–Trinajstić information content (AvgIpc) is 2.95. The lowest BCUT2D eigenvalue weighted by Gasteiger charge is -2.27. The number of halogens is 2. The Balaban J connectivity index is 2.00. The van der Waals surface area contributed by atoms with Crippen LogP contribution in [0.4, 0.5) is 5.13 Å². The topological polar surface area (TPSA) is 19.4 Å². The molecule has 0 N–H and O–H groups in total. The Kier molecular flexibility index (Phi) is 5.13. The zero-order chi connectivity index (χ0) is 13.1. The van der Waals surface area contributed by atoms with E-state index in [0.717, 1.165) is 23.1 Å². The summed E-state index contributed by atoms with van der Waals surface area (Å²) in [5.41, 5.74) is 0. The molecular formula is C12H19Cl2N3S. The lowest BCUT2D eigenvalue weighted by molar-refractivity contribution is 0.270. The number of alkyl halides is 1. The summed E-state index contributed by atoms with van der Waals surface area (Å²) < 4.78 is 0. The van der Waals surface area contributed by atoms with E-state index in [4.69, 9.17) is 23.2 Å². The van der Waals surface area contributed by atoms with Crippen molar-refractivity contribution in [2.24, 2.45) is 0 Å². The number of likely N-dealkylation sites (tertiary alicyclic amines) is 1. The minimum absolute atomic E-state index is 0.439. The summed E-state index contributed by atoms with van der Waals surface area (Å²) in [6.07, 6.45) is 2.58. The van der Waals surface area contributed by atoms with Gasteiger partial charge in [0.25, 0.3) is 0 Å². The third-order valence-electron chi connectivity index (χ3n) is 3.48. The molecule has 0 amide bonds. The fraction of sp³-hybridized carbons (Fsp3) is 0.750. The largest absolute Gasteiger partial charge is 0.350 e. The zero-order valence-corrected chi connectivity index (χ0v) is 13.2. The van der Waals surface area contributed by atoms with Crippen molar-refractivity contribution in [2.75, 3.05) is 31.6 Å². The number of thiazole rings is 1. The number of hydrogen-bond acceptors (Lipinski definition) is 4. The smallest absolute Gasteiger partial charge is 0.186 e. The van der Waals surface area contributed by atoms with Crippen LogP contribution >= 0.6 is 34.5 Å². The predicted octanol–water partition coefficient (Wildman–Crippen LogP) is 3.46. The molecule has 1 aliphatic rings. The Morgan fingerprint density at radius 2 is 2.33 bits per heavy atom. The fourth-order valence-electron chi connectivity index (χ4n) is 2.48. The summed E-state index contributed by atoms with van der Waals surface area (Å²) >= 11 is 13.5. The second-order valence-corrected chi connectivity index (χ2v) is 6.34. The molecule has 1 aliphatic heterocycles. The van der Waals surface area contributed by atoms with E-state index in [0.29, 0.717) is 17.1 Å². The lowest BCUT2D eigenvalue weighted by atomic mass is 10.2. The maximum atomic E-state index is 6.04. The van der Waals surface area contributed by atoms with Gasteiger partial charge in [-0.15, -0.1) is 11.6 Å². The van der Waals surface area contributed by atoms with E-state index < -0.39 is 0 Å². The number of nitrogens with zero attached hydrogens (tertiary/aromatic N) is 3. The molecule has 1 aromatic heterocycles. The molecule has 1 fully saturated rings. The summed E-state index contributed by atoms with van der Waals surface area (Å²) in [6, 6.07) is 0.641. The van der Waals surface area contributed by atoms with Crippen LogP contribution in [0, 0.1) is 0 Å². The Morgan fingerprint density at radius 1 is 1.56 bits per heavy atom. The minimum Gasteiger partial charge on any atom is -0.350 e. The molecule has 1 atom stereocenters. The molecule has 2 rings (SSSR count). The number of likely N-dealkylation sites (N-methyl/N-ethyl adjacent to an activating group) is 2. The maximum Gasteiger partial charge on any atom is 0.186 e. The Labute approximate surface area is 123 Å². The van der Waals surface area contributed by atoms with Crippen LogP contribution in [0.1, 0.15) is 24.6 Å². The molecule has 3 nitrogen and oxygen atoms in total. The maximum absolute atomic E-state index is 6.04. The molecule has 0 saturated carbocycles. The molecule has 0 spiro atoms. The third kappa shape index (κ3) is 3.10. The molecule has 0 bridgehead atoms. The van der Waals surface area contributed by atoms with Gasteiger partial charge in [0.2, 0.25) is 0 Å². The van der Waals surface area contributed by atoms with E-state index in [9.17, 15) is 0 Å². The van der Waals surface area contributed by atoms with Crippen LogP contribution in [0.5, 0.6) is 0 Å². The summed E-state index contributed by atoms with van der Waals surface area (Å²) in [5.74, 6) is 0.439. The van der Waals surface area contributed by atoms with E-state index in [1.54, 1.807) is 11.3 Å². The first-order valence-electron chi connectivity index (χ1n) is 6.32. The van der Waals surface area contributed by atoms with E-state index in [-0.39, 0.29) is 0 Å². The van der Waals surface area contributed by atoms with E-state index >= 15 is 0 Å². The predicted molar refractivity (Wildman–Crippen MR) is 80.2 cm³/mol. The second kappa shape index (κ2) is 6.42. The highest BCUT2D eigenvalue weighted by molar-refractivity contribution is 7.16. The molecule has 1 saturated heterocycles. The fourth-order valence-corrected chi connectivity index (χ4v) is 3.92. The van der Waals surface area contributed by atoms with Crippen LogP contribution in [-0.2, 0) is 5.88 Å². The van der Waals surface area contributed by atoms with E-state index in [1.807, 2.05) is 0 Å². The standard InChI is InChI=1S/C12H19Cl2N3S/c1-3-17-6-4-5-9(17)8-16(2)12-15-11(14)10(7-13)18-12/h9H,3-8H2,1-2H3. The van der Waals surface area contributed by atoms with Gasteiger partial charge < -0.3 is 4.90 Å². The second-order valence-electron chi connectivity index (χ2n) is 4.65. The Bertz CT molecular complexity index is 397. The summed E-state index contributed by atoms with van der Waals surface area (Å²) in [5, 5.41) is 1.52. The zero-order valence-electron chi connectivity index (χ0n) is 10.8. The highest BCUT2D eigenvalue weighted by atomic mass is 35.5. The quantitative estimate of drug-likeness (QED) is 0.777. The van der Waals surface area contributed by atoms with Gasteiger partial charge in [0, 0.05) is 19.6 Å². The van der Waals surface area contributed by atoms with Gasteiger partial charge in [-0.3, -0.25) is 4.90 Å². The van der Waals surface area contributed by atoms with Gasteiger partial charge >= 0.3 is 0 Å². The van der Waals surface area contributed by atoms with Crippen molar-refractivity contribution in [1.29, 1.82) is 0 Å². The van der Waals surface area contributed by atoms with Crippen LogP contribution in [0.3, 0.4) is 0 Å². The average molecular weight is 308 g/mol. The molecule has 1 aromatic rings. The lowest BCUT2D eigenvalue weighted by Crippen LogP contribution is -2.38. The molecule has 6 heteroatoms. The van der Waals surface area contributed by atoms with Crippen molar-refractivity contribution in [3.8, 4) is 0 Å². The molecule has 2 heterocycles. The highest BCUT2D eigenvalue weighted by Crippen LogP contribution is 2.31. The molecule has 1 unspecified atom stereocenters. The van der Waals surface area contributed by atoms with Crippen molar-refractivity contribution >= 4 is 39.7 Å². The number of hydrogen-bond donors (Lipinski definition) is 0. The molecule has 18 heavy (non-hydrogen) atoms. The van der Waals surface area contributed by atoms with Gasteiger partial charge in [-0.1, -0.05) is 29.9 Å². The first-order chi connectivity index (χ1) is 8.65. The summed E-state index contributed by atoms with van der Waals surface area (Å²) in [4.78, 5) is 10.1. The monoisotopic (exact) mass is 307 g/mol. The van der Waals surface area contributed by atoms with E-state index in [2.05, 4.69) is 28.8 Å². The molecule has 0 aliphatic carbocycles. The molecular weight excluding hydrogens is 289 g/mol.